The predicted molar refractivity (Wildman–Crippen MR) is 494 cm³/mol. The van der Waals surface area contributed by atoms with Crippen molar-refractivity contribution in [2.75, 3.05) is 9.80 Å². The zero-order valence-corrected chi connectivity index (χ0v) is 63.4. The van der Waals surface area contributed by atoms with Gasteiger partial charge in [0.2, 0.25) is 0 Å². The van der Waals surface area contributed by atoms with Crippen LogP contribution in [0, 0.1) is 0 Å². The summed E-state index contributed by atoms with van der Waals surface area (Å²) in [6, 6.07) is 162. The van der Waals surface area contributed by atoms with Crippen LogP contribution in [0.1, 0.15) is 0 Å². The second kappa shape index (κ2) is 27.2. The molecule has 0 radical (unpaired) electrons. The summed E-state index contributed by atoms with van der Waals surface area (Å²) in [5.41, 5.74) is 25.3. The van der Waals surface area contributed by atoms with Gasteiger partial charge in [0, 0.05) is 66.1 Å². The first-order valence-electron chi connectivity index (χ1n) is 40.0. The van der Waals surface area contributed by atoms with Crippen molar-refractivity contribution in [1.82, 2.24) is 9.13 Å². The molecule has 0 spiro atoms. The van der Waals surface area contributed by atoms with Crippen LogP contribution < -0.4 is 9.80 Å². The normalized spacial score (nSPS) is 11.8. The van der Waals surface area contributed by atoms with E-state index in [2.05, 4.69) is 456 Å². The van der Waals surface area contributed by atoms with E-state index in [4.69, 9.17) is 0 Å². The summed E-state index contributed by atoms with van der Waals surface area (Å²) < 4.78 is 4.87. The quantitative estimate of drug-likeness (QED) is 0.107. The van der Waals surface area contributed by atoms with Gasteiger partial charge in [-0.2, -0.15) is 0 Å². The van der Waals surface area contributed by atoms with E-state index in [9.17, 15) is 0 Å². The Labute approximate surface area is 671 Å². The van der Waals surface area contributed by atoms with Crippen molar-refractivity contribution in [2.24, 2.45) is 0 Å². The molecule has 23 rings (SSSR count). The fraction of sp³-hybridized carbons (Fsp3) is 0. The summed E-state index contributed by atoms with van der Waals surface area (Å²) in [5.74, 6) is 0. The van der Waals surface area contributed by atoms with E-state index in [1.165, 1.54) is 158 Å². The Bertz CT molecular complexity index is 7840. The van der Waals surface area contributed by atoms with Crippen molar-refractivity contribution in [3.63, 3.8) is 0 Å². The third kappa shape index (κ3) is 11.1. The molecular weight excluding hydrogens is 1400 g/mol. The van der Waals surface area contributed by atoms with E-state index in [0.717, 1.165) is 61.9 Å². The molecular formula is C112H72N4. The van der Waals surface area contributed by atoms with Crippen LogP contribution in [0.3, 0.4) is 0 Å². The van der Waals surface area contributed by atoms with Gasteiger partial charge in [0.15, 0.2) is 0 Å². The second-order valence-corrected chi connectivity index (χ2v) is 30.7. The van der Waals surface area contributed by atoms with Gasteiger partial charge in [0.1, 0.15) is 0 Å². The maximum absolute atomic E-state index is 2.44. The van der Waals surface area contributed by atoms with Crippen LogP contribution >= 0.6 is 0 Å². The van der Waals surface area contributed by atoms with Gasteiger partial charge in [-0.15, -0.1) is 0 Å². The van der Waals surface area contributed by atoms with E-state index >= 15 is 0 Å². The Hall–Kier alpha value is -15.4. The highest BCUT2D eigenvalue weighted by Crippen LogP contribution is 2.48. The van der Waals surface area contributed by atoms with Crippen molar-refractivity contribution in [3.8, 4) is 67.0 Å². The highest BCUT2D eigenvalue weighted by molar-refractivity contribution is 6.27. The molecule has 0 saturated carbocycles. The van der Waals surface area contributed by atoms with Gasteiger partial charge < -0.3 is 18.9 Å². The number of rotatable bonds is 13. The number of nitrogens with zero attached hydrogens (tertiary/aromatic N) is 4. The van der Waals surface area contributed by atoms with Crippen LogP contribution in [0.4, 0.5) is 34.1 Å². The summed E-state index contributed by atoms with van der Waals surface area (Å²) in [4.78, 5) is 4.86. The zero-order valence-electron chi connectivity index (χ0n) is 63.4. The van der Waals surface area contributed by atoms with Crippen LogP contribution in [0.5, 0.6) is 0 Å². The van der Waals surface area contributed by atoms with Gasteiger partial charge in [-0.3, -0.25) is 0 Å². The molecule has 0 unspecified atom stereocenters. The molecule has 0 bridgehead atoms. The van der Waals surface area contributed by atoms with E-state index in [1.54, 1.807) is 0 Å². The first kappa shape index (κ1) is 66.4. The maximum atomic E-state index is 2.44. The lowest BCUT2D eigenvalue weighted by Gasteiger charge is -2.28. The Morgan fingerprint density at radius 2 is 0.440 bits per heavy atom. The third-order valence-corrected chi connectivity index (χ3v) is 24.2. The molecule has 2 aromatic heterocycles. The molecule has 0 atom stereocenters. The van der Waals surface area contributed by atoms with Crippen LogP contribution in [-0.4, -0.2) is 9.13 Å². The average Bonchev–Trinajstić information content (AvgIpc) is 1.40. The van der Waals surface area contributed by atoms with Crippen molar-refractivity contribution >= 4 is 153 Å². The topological polar surface area (TPSA) is 16.3 Å². The van der Waals surface area contributed by atoms with Gasteiger partial charge in [-0.1, -0.05) is 309 Å². The standard InChI is InChI=1S/C112H72N4/c1-2-21-73(22-3-1)74-43-54-86(55-44-74)113(87-56-45-76(46-57-87)82-52-65-110-104(69-82)100-37-14-16-39-108(100)115(110)106-41-19-26-78-23-4-8-31-92(78)106)90-62-64-98-97-63-51-84(68-102(97)95-34-10-11-35-96(95)103(98)72-90)81-29-18-28-80(67-81)75-47-58-88(59-48-75)114(112-71-85-25-6-7-30-91(85)94-33-12-13-36-99(94)112)89-60-49-77(50-61-89)83-53-66-111-105(70-83)101-38-15-17-40-109(101)116(111)107-42-20-27-79-24-5-9-32-93(79)107/h1-72H. The first-order chi connectivity index (χ1) is 57.5. The third-order valence-electron chi connectivity index (χ3n) is 24.2. The monoisotopic (exact) mass is 1470 g/mol. The van der Waals surface area contributed by atoms with E-state index < -0.39 is 0 Å². The summed E-state index contributed by atoms with van der Waals surface area (Å²) >= 11 is 0. The van der Waals surface area contributed by atoms with Crippen LogP contribution in [0.25, 0.3) is 186 Å². The molecule has 2 heterocycles. The molecule has 0 N–H and O–H groups in total. The molecule has 4 heteroatoms. The molecule has 0 amide bonds. The fourth-order valence-electron chi connectivity index (χ4n) is 18.7. The first-order valence-corrected chi connectivity index (χ1v) is 40.0. The second-order valence-electron chi connectivity index (χ2n) is 30.7. The number of benzene rings is 21. The fourth-order valence-corrected chi connectivity index (χ4v) is 18.7. The van der Waals surface area contributed by atoms with Crippen LogP contribution in [-0.2, 0) is 0 Å². The summed E-state index contributed by atoms with van der Waals surface area (Å²) in [6.45, 7) is 0. The molecule has 0 fully saturated rings. The highest BCUT2D eigenvalue weighted by atomic mass is 15.1. The van der Waals surface area contributed by atoms with Crippen molar-refractivity contribution in [3.05, 3.63) is 437 Å². The molecule has 23 aromatic rings. The zero-order chi connectivity index (χ0) is 76.3. The van der Waals surface area contributed by atoms with Crippen LogP contribution in [0.2, 0.25) is 0 Å². The predicted octanol–water partition coefficient (Wildman–Crippen LogP) is 31.2. The summed E-state index contributed by atoms with van der Waals surface area (Å²) in [7, 11) is 0. The molecule has 4 nitrogen and oxygen atoms in total. The van der Waals surface area contributed by atoms with E-state index in [1.807, 2.05) is 0 Å². The minimum atomic E-state index is 1.07. The van der Waals surface area contributed by atoms with Gasteiger partial charge >= 0.3 is 0 Å². The number of hydrogen-bond acceptors (Lipinski definition) is 2. The number of anilines is 6. The average molecular weight is 1470 g/mol. The summed E-state index contributed by atoms with van der Waals surface area (Å²) in [6.07, 6.45) is 0. The largest absolute Gasteiger partial charge is 0.310 e. The molecule has 0 aliphatic heterocycles. The molecule has 21 aromatic carbocycles. The summed E-state index contributed by atoms with van der Waals surface area (Å²) in [5, 5.41) is 22.0. The van der Waals surface area contributed by atoms with Gasteiger partial charge in [0.05, 0.1) is 39.1 Å². The molecule has 0 aliphatic carbocycles. The van der Waals surface area contributed by atoms with E-state index in [0.29, 0.717) is 0 Å². The molecule has 116 heavy (non-hydrogen) atoms. The van der Waals surface area contributed by atoms with Gasteiger partial charge in [-0.25, -0.2) is 0 Å². The van der Waals surface area contributed by atoms with Gasteiger partial charge in [0.25, 0.3) is 0 Å². The van der Waals surface area contributed by atoms with E-state index in [-0.39, 0.29) is 0 Å². The highest BCUT2D eigenvalue weighted by Gasteiger charge is 2.23. The lowest BCUT2D eigenvalue weighted by molar-refractivity contribution is 1.20. The lowest BCUT2D eigenvalue weighted by atomic mass is 9.91. The molecule has 0 aliphatic rings. The van der Waals surface area contributed by atoms with Crippen molar-refractivity contribution < 1.29 is 0 Å². The van der Waals surface area contributed by atoms with Gasteiger partial charge in [-0.05, 0) is 242 Å². The SMILES string of the molecule is c1ccc(-c2ccc(N(c3ccc(-c4ccc5c(c4)c4ccccc4n5-c4cccc5ccccc45)cc3)c3ccc4c5ccc(-c6cccc(-c7ccc(N(c8ccc(-c9ccc%10c(c9)c9ccccc9n%10-c9cccc%10ccccc9%10)cc8)c8cc9ccccc9c9ccccc89)cc7)c6)cc5c5ccccc5c4c3)cc2)cc1. The van der Waals surface area contributed by atoms with Crippen molar-refractivity contribution in [1.29, 1.82) is 0 Å². The number of aromatic nitrogens is 2. The van der Waals surface area contributed by atoms with Crippen LogP contribution in [0.15, 0.2) is 437 Å². The molecule has 540 valence electrons. The Morgan fingerprint density at radius 3 is 0.966 bits per heavy atom. The maximum Gasteiger partial charge on any atom is 0.0546 e. The number of para-hydroxylation sites is 2. The Kier molecular flexibility index (Phi) is 15.6. The minimum absolute atomic E-state index is 1.07. The molecule has 0 saturated heterocycles. The number of hydrogen-bond donors (Lipinski definition) is 0. The minimum Gasteiger partial charge on any atom is -0.310 e. The lowest BCUT2D eigenvalue weighted by Crippen LogP contribution is -2.10. The number of fused-ring (bicyclic) bond motifs is 17. The smallest absolute Gasteiger partial charge is 0.0546 e. The van der Waals surface area contributed by atoms with Crippen molar-refractivity contribution in [2.45, 2.75) is 0 Å². The Morgan fingerprint density at radius 1 is 0.138 bits per heavy atom. The Balaban J connectivity index is 0.579.